The van der Waals surface area contributed by atoms with Crippen molar-refractivity contribution in [3.05, 3.63) is 155 Å². The Labute approximate surface area is 299 Å². The number of ether oxygens (including phenoxy) is 3. The van der Waals surface area contributed by atoms with Crippen molar-refractivity contribution in [3.8, 4) is 40.1 Å². The number of carbonyl (C=O) groups excluding carboxylic acids is 1. The van der Waals surface area contributed by atoms with Crippen LogP contribution < -0.4 is 19.1 Å². The molecule has 13 heteroatoms. The average molecular weight is 728 g/mol. The number of nitrogens with zero attached hydrogens (tertiary/aromatic N) is 3. The minimum atomic E-state index is -4.45. The summed E-state index contributed by atoms with van der Waals surface area (Å²) in [6.45, 7) is 0.555. The Balaban J connectivity index is 0.000000167. The van der Waals surface area contributed by atoms with Gasteiger partial charge in [-0.1, -0.05) is 54.6 Å². The van der Waals surface area contributed by atoms with E-state index in [2.05, 4.69) is 22.1 Å². The van der Waals surface area contributed by atoms with Gasteiger partial charge in [0, 0.05) is 43.1 Å². The molecule has 0 atom stereocenters. The van der Waals surface area contributed by atoms with Crippen molar-refractivity contribution in [1.82, 2.24) is 9.97 Å². The number of hydrogen-bond acceptors (Lipinski definition) is 6. The lowest BCUT2D eigenvalue weighted by Crippen LogP contribution is -2.31. The second kappa shape index (κ2) is 14.3. The van der Waals surface area contributed by atoms with Crippen LogP contribution in [-0.4, -0.2) is 22.6 Å². The van der Waals surface area contributed by atoms with Gasteiger partial charge in [0.2, 0.25) is 11.8 Å². The van der Waals surface area contributed by atoms with Gasteiger partial charge in [0.25, 0.3) is 0 Å². The molecule has 53 heavy (non-hydrogen) atoms. The highest BCUT2D eigenvalue weighted by atomic mass is 19.4. The minimum Gasteiger partial charge on any atom is -0.439 e. The van der Waals surface area contributed by atoms with E-state index in [1.165, 1.54) is 17.2 Å². The Morgan fingerprint density at radius 1 is 0.604 bits per heavy atom. The van der Waals surface area contributed by atoms with Gasteiger partial charge in [0.15, 0.2) is 0 Å². The van der Waals surface area contributed by atoms with E-state index in [1.54, 1.807) is 29.2 Å². The summed E-state index contributed by atoms with van der Waals surface area (Å²) in [5, 5.41) is 0. The first kappa shape index (κ1) is 35.1. The number of pyridine rings is 2. The lowest BCUT2D eigenvalue weighted by atomic mass is 10.1. The Morgan fingerprint density at radius 2 is 1.19 bits per heavy atom. The van der Waals surface area contributed by atoms with Crippen molar-refractivity contribution in [2.45, 2.75) is 25.2 Å². The number of carbonyl (C=O) groups is 1. The van der Waals surface area contributed by atoms with Crippen LogP contribution in [0.15, 0.2) is 128 Å². The number of anilines is 1. The quantitative estimate of drug-likeness (QED) is 0.164. The van der Waals surface area contributed by atoms with Gasteiger partial charge in [0.1, 0.15) is 17.2 Å². The van der Waals surface area contributed by atoms with Gasteiger partial charge < -0.3 is 14.2 Å². The Morgan fingerprint density at radius 3 is 1.83 bits per heavy atom. The van der Waals surface area contributed by atoms with Gasteiger partial charge in [-0.05, 0) is 77.2 Å². The third-order valence-corrected chi connectivity index (χ3v) is 8.51. The second-order valence-electron chi connectivity index (χ2n) is 12.0. The molecule has 268 valence electrons. The normalized spacial score (nSPS) is 12.9. The molecule has 0 spiro atoms. The molecular formula is C40H27F6N3O4. The van der Waals surface area contributed by atoms with Crippen LogP contribution in [-0.2, 0) is 25.2 Å². The predicted octanol–water partition coefficient (Wildman–Crippen LogP) is 10.9. The van der Waals surface area contributed by atoms with E-state index >= 15 is 0 Å². The van der Waals surface area contributed by atoms with Crippen LogP contribution >= 0.6 is 0 Å². The number of hydrogen-bond donors (Lipinski definition) is 0. The van der Waals surface area contributed by atoms with Crippen molar-refractivity contribution < 1.29 is 45.3 Å². The number of benzene rings is 4. The molecule has 7 nitrogen and oxygen atoms in total. The average Bonchev–Trinajstić information content (AvgIpc) is 3.75. The molecule has 0 radical (unpaired) electrons. The van der Waals surface area contributed by atoms with E-state index in [0.29, 0.717) is 30.0 Å². The summed E-state index contributed by atoms with van der Waals surface area (Å²) in [5.74, 6) is 1.47. The smallest absolute Gasteiger partial charge is 0.419 e. The lowest BCUT2D eigenvalue weighted by Gasteiger charge is -2.16. The van der Waals surface area contributed by atoms with Gasteiger partial charge in [-0.25, -0.2) is 14.8 Å². The number of rotatable bonds is 5. The minimum absolute atomic E-state index is 0.0245. The molecule has 0 saturated heterocycles. The van der Waals surface area contributed by atoms with Crippen molar-refractivity contribution in [1.29, 1.82) is 0 Å². The molecular weight excluding hydrogens is 700 g/mol. The standard InChI is InChI=1S/C21H15F3N2O3.C19H12F3NO/c22-21(23,24)15-5-10-19(25-13-15)28-16-6-8-17(9-7-16)29-20(27)26-12-11-14-3-1-2-4-18(14)26;20-19(21,22)13-8-9-18(23-11-13)24-17-7-3-6-15-14-5-2-1-4-12(14)10-16(15)17/h1-10,13H,11-12H2;1-9,11H,10H2. The highest BCUT2D eigenvalue weighted by Gasteiger charge is 2.32. The van der Waals surface area contributed by atoms with Crippen LogP contribution in [0.25, 0.3) is 11.1 Å². The zero-order chi connectivity index (χ0) is 37.2. The summed E-state index contributed by atoms with van der Waals surface area (Å²) in [6.07, 6.45) is -6.32. The Bertz CT molecular complexity index is 2240. The van der Waals surface area contributed by atoms with E-state index < -0.39 is 29.6 Å². The molecule has 2 aromatic heterocycles. The maximum absolute atomic E-state index is 12.6. The first-order valence-corrected chi connectivity index (χ1v) is 16.2. The fourth-order valence-electron chi connectivity index (χ4n) is 5.93. The van der Waals surface area contributed by atoms with Crippen LogP contribution in [0.2, 0.25) is 0 Å². The third kappa shape index (κ3) is 7.93. The summed E-state index contributed by atoms with van der Waals surface area (Å²) in [4.78, 5) is 21.4. The Kier molecular flexibility index (Phi) is 9.48. The molecule has 0 bridgehead atoms. The number of aromatic nitrogens is 2. The van der Waals surface area contributed by atoms with Crippen molar-refractivity contribution in [2.24, 2.45) is 0 Å². The fraction of sp³-hybridized carbons (Fsp3) is 0.125. The first-order chi connectivity index (χ1) is 25.4. The van der Waals surface area contributed by atoms with Gasteiger partial charge in [-0.3, -0.25) is 4.90 Å². The molecule has 0 N–H and O–H groups in total. The molecule has 8 rings (SSSR count). The summed E-state index contributed by atoms with van der Waals surface area (Å²) in [5.41, 5.74) is 4.79. The highest BCUT2D eigenvalue weighted by Crippen LogP contribution is 2.42. The predicted molar refractivity (Wildman–Crippen MR) is 183 cm³/mol. The lowest BCUT2D eigenvalue weighted by molar-refractivity contribution is -0.138. The molecule has 0 fully saturated rings. The van der Waals surface area contributed by atoms with E-state index in [4.69, 9.17) is 14.2 Å². The number of alkyl halides is 6. The van der Waals surface area contributed by atoms with E-state index in [9.17, 15) is 31.1 Å². The van der Waals surface area contributed by atoms with Crippen LogP contribution in [0.1, 0.15) is 27.8 Å². The summed E-state index contributed by atoms with van der Waals surface area (Å²) < 4.78 is 92.1. The first-order valence-electron chi connectivity index (χ1n) is 16.2. The van der Waals surface area contributed by atoms with Gasteiger partial charge in [-0.2, -0.15) is 26.3 Å². The monoisotopic (exact) mass is 727 g/mol. The summed E-state index contributed by atoms with van der Waals surface area (Å²) in [7, 11) is 0. The molecule has 0 unspecified atom stereocenters. The molecule has 1 aliphatic carbocycles. The molecule has 4 aromatic carbocycles. The van der Waals surface area contributed by atoms with Crippen molar-refractivity contribution in [3.63, 3.8) is 0 Å². The number of para-hydroxylation sites is 1. The van der Waals surface area contributed by atoms with E-state index in [0.717, 1.165) is 59.6 Å². The fourth-order valence-corrected chi connectivity index (χ4v) is 5.93. The van der Waals surface area contributed by atoms with Crippen LogP contribution in [0.4, 0.5) is 36.8 Å². The maximum Gasteiger partial charge on any atom is 0.419 e. The second-order valence-corrected chi connectivity index (χ2v) is 12.0. The zero-order valence-electron chi connectivity index (χ0n) is 27.5. The van der Waals surface area contributed by atoms with Gasteiger partial charge >= 0.3 is 18.4 Å². The van der Waals surface area contributed by atoms with Crippen LogP contribution in [0, 0.1) is 0 Å². The SMILES string of the molecule is FC(F)(F)c1ccc(Oc2cccc3c2Cc2ccccc2-3)nc1.O=C(Oc1ccc(Oc2ccc(C(F)(F)F)cn2)cc1)N1CCc2ccccc21. The molecule has 2 aliphatic rings. The number of amides is 1. The van der Waals surface area contributed by atoms with Crippen molar-refractivity contribution in [2.75, 3.05) is 11.4 Å². The molecule has 6 aromatic rings. The van der Waals surface area contributed by atoms with E-state index in [-0.39, 0.29) is 11.8 Å². The van der Waals surface area contributed by atoms with Crippen molar-refractivity contribution >= 4 is 11.8 Å². The molecule has 1 amide bonds. The van der Waals surface area contributed by atoms with Crippen LogP contribution in [0.5, 0.6) is 29.0 Å². The number of fused-ring (bicyclic) bond motifs is 4. The molecule has 0 saturated carbocycles. The topological polar surface area (TPSA) is 73.8 Å². The van der Waals surface area contributed by atoms with Gasteiger partial charge in [-0.15, -0.1) is 0 Å². The van der Waals surface area contributed by atoms with E-state index in [1.807, 2.05) is 54.6 Å². The highest BCUT2D eigenvalue weighted by molar-refractivity contribution is 5.91. The Hall–Kier alpha value is -6.37. The largest absolute Gasteiger partial charge is 0.439 e. The third-order valence-electron chi connectivity index (χ3n) is 8.51. The summed E-state index contributed by atoms with van der Waals surface area (Å²) in [6, 6.07) is 31.9. The molecule has 1 aliphatic heterocycles. The maximum atomic E-state index is 12.6. The van der Waals surface area contributed by atoms with Gasteiger partial charge in [0.05, 0.1) is 16.8 Å². The molecule has 3 heterocycles. The summed E-state index contributed by atoms with van der Waals surface area (Å²) >= 11 is 0. The van der Waals surface area contributed by atoms with Crippen LogP contribution in [0.3, 0.4) is 0 Å². The number of halogens is 6. The zero-order valence-corrected chi connectivity index (χ0v) is 27.5.